The Balaban J connectivity index is 1.37. The van der Waals surface area contributed by atoms with Crippen LogP contribution < -0.4 is 16.0 Å². The molecule has 4 N–H and O–H groups in total. The SMILES string of the molecule is C=Cc1cc(F)cc2c1C[C@@H](N[C@@H](CCC)C(=O)Nc1cn(C(CC)C(=O)NCC3(O)CCC3)cn1)CC2. The summed E-state index contributed by atoms with van der Waals surface area (Å²) in [6.07, 6.45) is 11.6. The average molecular weight is 526 g/mol. The Kier molecular flexibility index (Phi) is 8.99. The smallest absolute Gasteiger partial charge is 0.243 e. The fourth-order valence-corrected chi connectivity index (χ4v) is 5.50. The molecule has 0 spiro atoms. The molecule has 0 saturated heterocycles. The van der Waals surface area contributed by atoms with Gasteiger partial charge in [-0.25, -0.2) is 9.37 Å². The fourth-order valence-electron chi connectivity index (χ4n) is 5.50. The van der Waals surface area contributed by atoms with E-state index in [-0.39, 0.29) is 30.2 Å². The second-order valence-corrected chi connectivity index (χ2v) is 10.7. The molecule has 206 valence electrons. The molecule has 8 nitrogen and oxygen atoms in total. The van der Waals surface area contributed by atoms with E-state index in [1.165, 1.54) is 6.07 Å². The van der Waals surface area contributed by atoms with Crippen LogP contribution in [-0.4, -0.2) is 50.7 Å². The van der Waals surface area contributed by atoms with Gasteiger partial charge in [0.25, 0.3) is 0 Å². The first kappa shape index (κ1) is 28.0. The van der Waals surface area contributed by atoms with E-state index in [2.05, 4.69) is 27.5 Å². The Hall–Kier alpha value is -3.04. The first-order valence-corrected chi connectivity index (χ1v) is 13.8. The Morgan fingerprint density at radius 3 is 2.76 bits per heavy atom. The van der Waals surface area contributed by atoms with Gasteiger partial charge in [-0.05, 0) is 80.2 Å². The lowest BCUT2D eigenvalue weighted by Crippen LogP contribution is -2.49. The number of hydrogen-bond acceptors (Lipinski definition) is 5. The molecular weight excluding hydrogens is 485 g/mol. The summed E-state index contributed by atoms with van der Waals surface area (Å²) in [4.78, 5) is 30.3. The second kappa shape index (κ2) is 12.2. The van der Waals surface area contributed by atoms with Crippen LogP contribution in [0.2, 0.25) is 0 Å². The molecule has 1 aromatic heterocycles. The number of carbonyl (C=O) groups is 2. The van der Waals surface area contributed by atoms with Crippen molar-refractivity contribution < 1.29 is 19.1 Å². The third-order valence-corrected chi connectivity index (χ3v) is 7.88. The lowest BCUT2D eigenvalue weighted by atomic mass is 9.80. The summed E-state index contributed by atoms with van der Waals surface area (Å²) < 4.78 is 15.6. The van der Waals surface area contributed by atoms with E-state index in [4.69, 9.17) is 0 Å². The Bertz CT molecular complexity index is 1160. The normalized spacial score (nSPS) is 19.5. The number of aryl methyl sites for hydroxylation is 1. The molecule has 4 rings (SSSR count). The van der Waals surface area contributed by atoms with Gasteiger partial charge < -0.3 is 25.6 Å². The number of imidazole rings is 1. The number of anilines is 1. The molecule has 2 aliphatic rings. The van der Waals surface area contributed by atoms with Crippen molar-refractivity contribution in [3.05, 3.63) is 53.7 Å². The molecule has 2 aliphatic carbocycles. The number of aromatic nitrogens is 2. The summed E-state index contributed by atoms with van der Waals surface area (Å²) in [5.41, 5.74) is 2.13. The van der Waals surface area contributed by atoms with Crippen LogP contribution in [0.4, 0.5) is 10.2 Å². The van der Waals surface area contributed by atoms with Gasteiger partial charge in [0.2, 0.25) is 11.8 Å². The summed E-state index contributed by atoms with van der Waals surface area (Å²) in [6.45, 7) is 8.03. The van der Waals surface area contributed by atoms with E-state index in [1.54, 1.807) is 29.2 Å². The molecule has 1 unspecified atom stereocenters. The van der Waals surface area contributed by atoms with Gasteiger partial charge >= 0.3 is 0 Å². The highest BCUT2D eigenvalue weighted by molar-refractivity contribution is 5.94. The zero-order valence-electron chi connectivity index (χ0n) is 22.4. The predicted molar refractivity (Wildman–Crippen MR) is 146 cm³/mol. The summed E-state index contributed by atoms with van der Waals surface area (Å²) in [5.74, 6) is -0.202. The van der Waals surface area contributed by atoms with Crippen LogP contribution in [0, 0.1) is 5.82 Å². The van der Waals surface area contributed by atoms with Crippen molar-refractivity contribution in [1.82, 2.24) is 20.2 Å². The largest absolute Gasteiger partial charge is 0.388 e. The van der Waals surface area contributed by atoms with Crippen LogP contribution in [0.1, 0.15) is 81.5 Å². The van der Waals surface area contributed by atoms with Gasteiger partial charge in [-0.1, -0.05) is 32.9 Å². The number of aliphatic hydroxyl groups is 1. The third kappa shape index (κ3) is 6.50. The minimum atomic E-state index is -0.785. The first-order valence-electron chi connectivity index (χ1n) is 13.8. The Labute approximate surface area is 224 Å². The Morgan fingerprint density at radius 1 is 1.32 bits per heavy atom. The third-order valence-electron chi connectivity index (χ3n) is 7.88. The van der Waals surface area contributed by atoms with Crippen LogP contribution in [0.3, 0.4) is 0 Å². The fraction of sp³-hybridized carbons (Fsp3) is 0.552. The molecular formula is C29H40FN5O3. The topological polar surface area (TPSA) is 108 Å². The average Bonchev–Trinajstić information content (AvgIpc) is 3.33. The quantitative estimate of drug-likeness (QED) is 0.336. The van der Waals surface area contributed by atoms with E-state index >= 15 is 0 Å². The number of hydrogen-bond donors (Lipinski definition) is 4. The highest BCUT2D eigenvalue weighted by atomic mass is 19.1. The molecule has 0 radical (unpaired) electrons. The molecule has 0 bridgehead atoms. The molecule has 2 aromatic rings. The van der Waals surface area contributed by atoms with Crippen LogP contribution in [0.5, 0.6) is 0 Å². The molecule has 38 heavy (non-hydrogen) atoms. The number of amides is 2. The van der Waals surface area contributed by atoms with E-state index in [0.29, 0.717) is 37.9 Å². The summed E-state index contributed by atoms with van der Waals surface area (Å²) >= 11 is 0. The minimum absolute atomic E-state index is 0.0881. The molecule has 1 heterocycles. The van der Waals surface area contributed by atoms with E-state index in [1.807, 2.05) is 13.8 Å². The Morgan fingerprint density at radius 2 is 2.11 bits per heavy atom. The zero-order valence-corrected chi connectivity index (χ0v) is 22.4. The molecule has 1 aromatic carbocycles. The predicted octanol–water partition coefficient (Wildman–Crippen LogP) is 3.90. The molecule has 0 aliphatic heterocycles. The van der Waals surface area contributed by atoms with Crippen LogP contribution >= 0.6 is 0 Å². The van der Waals surface area contributed by atoms with Crippen molar-refractivity contribution >= 4 is 23.7 Å². The molecule has 3 atom stereocenters. The lowest BCUT2D eigenvalue weighted by molar-refractivity contribution is -0.126. The van der Waals surface area contributed by atoms with Crippen molar-refractivity contribution in [2.45, 2.75) is 95.4 Å². The number of rotatable bonds is 12. The first-order chi connectivity index (χ1) is 18.2. The number of halogens is 1. The van der Waals surface area contributed by atoms with Crippen LogP contribution in [-0.2, 0) is 22.4 Å². The van der Waals surface area contributed by atoms with Crippen molar-refractivity contribution in [2.24, 2.45) is 0 Å². The van der Waals surface area contributed by atoms with Crippen LogP contribution in [0.25, 0.3) is 6.08 Å². The number of carbonyl (C=O) groups excluding carboxylic acids is 2. The summed E-state index contributed by atoms with van der Waals surface area (Å²) in [7, 11) is 0. The van der Waals surface area contributed by atoms with Gasteiger partial charge in [-0.3, -0.25) is 9.59 Å². The van der Waals surface area contributed by atoms with Crippen molar-refractivity contribution in [1.29, 1.82) is 0 Å². The number of nitrogens with one attached hydrogen (secondary N) is 3. The zero-order chi connectivity index (χ0) is 27.3. The van der Waals surface area contributed by atoms with Gasteiger partial charge in [0.15, 0.2) is 5.82 Å². The van der Waals surface area contributed by atoms with Gasteiger partial charge in [0.1, 0.15) is 11.9 Å². The molecule has 1 saturated carbocycles. The van der Waals surface area contributed by atoms with Crippen LogP contribution in [0.15, 0.2) is 31.2 Å². The molecule has 9 heteroatoms. The summed E-state index contributed by atoms with van der Waals surface area (Å²) in [5, 5.41) is 19.6. The minimum Gasteiger partial charge on any atom is -0.388 e. The highest BCUT2D eigenvalue weighted by Gasteiger charge is 2.35. The van der Waals surface area contributed by atoms with Gasteiger partial charge in [0.05, 0.1) is 18.0 Å². The van der Waals surface area contributed by atoms with Gasteiger partial charge in [-0.2, -0.15) is 0 Å². The van der Waals surface area contributed by atoms with E-state index in [9.17, 15) is 19.1 Å². The van der Waals surface area contributed by atoms with Crippen molar-refractivity contribution in [3.8, 4) is 0 Å². The maximum atomic E-state index is 13.9. The number of nitrogens with zero attached hydrogens (tertiary/aromatic N) is 2. The molecule has 2 amide bonds. The van der Waals surface area contributed by atoms with E-state index in [0.717, 1.165) is 42.4 Å². The van der Waals surface area contributed by atoms with Gasteiger partial charge in [-0.15, -0.1) is 0 Å². The van der Waals surface area contributed by atoms with Crippen molar-refractivity contribution in [2.75, 3.05) is 11.9 Å². The molecule has 1 fully saturated rings. The lowest BCUT2D eigenvalue weighted by Gasteiger charge is -2.36. The highest BCUT2D eigenvalue weighted by Crippen LogP contribution is 2.31. The van der Waals surface area contributed by atoms with E-state index < -0.39 is 17.7 Å². The monoisotopic (exact) mass is 525 g/mol. The van der Waals surface area contributed by atoms with Crippen molar-refractivity contribution in [3.63, 3.8) is 0 Å². The number of fused-ring (bicyclic) bond motifs is 1. The standard InChI is InChI=1S/C29H40FN5O3/c1-4-8-24(33-22-10-9-20-14-21(30)13-19(5-2)23(20)15-22)27(36)34-26-16-35(18-32-26)25(6-3)28(37)31-17-29(38)11-7-12-29/h5,13-14,16,18,22,24-25,33,38H,2,4,6-12,15,17H2,1,3H3,(H,31,37)(H,34,36)/t22-,24-,25?/m0/s1. The second-order valence-electron chi connectivity index (χ2n) is 10.7. The maximum absolute atomic E-state index is 13.9. The van der Waals surface area contributed by atoms with Gasteiger partial charge in [0, 0.05) is 18.8 Å². The summed E-state index contributed by atoms with van der Waals surface area (Å²) in [6, 6.07) is 2.32. The maximum Gasteiger partial charge on any atom is 0.243 e. The number of benzene rings is 1.